The van der Waals surface area contributed by atoms with E-state index in [4.69, 9.17) is 4.74 Å². The average Bonchev–Trinajstić information content (AvgIpc) is 3.23. The number of carbonyl (C=O) groups excluding carboxylic acids is 3. The van der Waals surface area contributed by atoms with Crippen molar-refractivity contribution in [3.8, 4) is 5.75 Å². The number of thiazole rings is 1. The molecule has 0 aliphatic carbocycles. The van der Waals surface area contributed by atoms with Gasteiger partial charge in [0.15, 0.2) is 5.13 Å². The lowest BCUT2D eigenvalue weighted by atomic mass is 10.3. The number of hydrogen-bond acceptors (Lipinski definition) is 7. The van der Waals surface area contributed by atoms with Gasteiger partial charge in [0, 0.05) is 19.4 Å². The molecular formula is C20H26N4O4S. The van der Waals surface area contributed by atoms with Crippen molar-refractivity contribution < 1.29 is 19.1 Å². The maximum absolute atomic E-state index is 13.0. The van der Waals surface area contributed by atoms with E-state index in [0.717, 1.165) is 33.8 Å². The highest BCUT2D eigenvalue weighted by Crippen LogP contribution is 2.32. The average molecular weight is 419 g/mol. The van der Waals surface area contributed by atoms with Crippen molar-refractivity contribution in [1.29, 1.82) is 0 Å². The molecule has 9 heteroatoms. The third-order valence-electron chi connectivity index (χ3n) is 4.63. The van der Waals surface area contributed by atoms with Gasteiger partial charge in [0.1, 0.15) is 12.3 Å². The first kappa shape index (κ1) is 21.2. The molecule has 1 saturated heterocycles. The SMILES string of the molecule is CCOc1ccc2nc(N(CCCN(C)C)C(=O)CN3C(=O)CCC3=O)sc2c1. The van der Waals surface area contributed by atoms with Crippen LogP contribution in [0, 0.1) is 0 Å². The standard InChI is InChI=1S/C20H26N4O4S/c1-4-28-14-6-7-15-16(12-14)29-20(21-15)23(11-5-10-22(2)3)19(27)13-24-17(25)8-9-18(24)26/h6-7,12H,4-5,8-11,13H2,1-3H3. The predicted molar refractivity (Wildman–Crippen MR) is 112 cm³/mol. The Morgan fingerprint density at radius 3 is 2.59 bits per heavy atom. The summed E-state index contributed by atoms with van der Waals surface area (Å²) in [6.07, 6.45) is 1.10. The minimum atomic E-state index is -0.295. The number of rotatable bonds is 9. The summed E-state index contributed by atoms with van der Waals surface area (Å²) in [6, 6.07) is 5.64. The highest BCUT2D eigenvalue weighted by atomic mass is 32.1. The van der Waals surface area contributed by atoms with Crippen LogP contribution in [0.2, 0.25) is 0 Å². The molecule has 1 aromatic heterocycles. The van der Waals surface area contributed by atoms with Crippen molar-refractivity contribution in [2.45, 2.75) is 26.2 Å². The Labute approximate surface area is 174 Å². The molecule has 0 radical (unpaired) electrons. The van der Waals surface area contributed by atoms with Crippen molar-refractivity contribution in [3.05, 3.63) is 18.2 Å². The number of nitrogens with zero attached hydrogens (tertiary/aromatic N) is 4. The zero-order valence-electron chi connectivity index (χ0n) is 17.0. The summed E-state index contributed by atoms with van der Waals surface area (Å²) in [6.45, 7) is 3.54. The summed E-state index contributed by atoms with van der Waals surface area (Å²) in [4.78, 5) is 46.2. The third kappa shape index (κ3) is 5.10. The van der Waals surface area contributed by atoms with Gasteiger partial charge in [-0.1, -0.05) is 11.3 Å². The van der Waals surface area contributed by atoms with Gasteiger partial charge in [-0.25, -0.2) is 4.98 Å². The highest BCUT2D eigenvalue weighted by Gasteiger charge is 2.32. The van der Waals surface area contributed by atoms with Gasteiger partial charge in [-0.2, -0.15) is 0 Å². The summed E-state index contributed by atoms with van der Waals surface area (Å²) >= 11 is 1.40. The van der Waals surface area contributed by atoms with Crippen LogP contribution in [0.5, 0.6) is 5.75 Å². The van der Waals surface area contributed by atoms with E-state index < -0.39 is 0 Å². The Balaban J connectivity index is 1.83. The van der Waals surface area contributed by atoms with E-state index in [-0.39, 0.29) is 37.1 Å². The number of carbonyl (C=O) groups is 3. The van der Waals surface area contributed by atoms with Gasteiger partial charge in [-0.15, -0.1) is 0 Å². The van der Waals surface area contributed by atoms with E-state index in [0.29, 0.717) is 18.3 Å². The largest absolute Gasteiger partial charge is 0.494 e. The lowest BCUT2D eigenvalue weighted by molar-refractivity contribution is -0.141. The van der Waals surface area contributed by atoms with E-state index in [2.05, 4.69) is 4.98 Å². The summed E-state index contributed by atoms with van der Waals surface area (Å²) in [7, 11) is 3.95. The van der Waals surface area contributed by atoms with Gasteiger partial charge in [-0.3, -0.25) is 24.2 Å². The number of benzene rings is 1. The first-order valence-electron chi connectivity index (χ1n) is 9.70. The lowest BCUT2D eigenvalue weighted by Crippen LogP contribution is -2.43. The molecule has 1 fully saturated rings. The fourth-order valence-corrected chi connectivity index (χ4v) is 4.19. The first-order valence-corrected chi connectivity index (χ1v) is 10.5. The summed E-state index contributed by atoms with van der Waals surface area (Å²) in [5, 5.41) is 0.566. The topological polar surface area (TPSA) is 83.1 Å². The van der Waals surface area contributed by atoms with Crippen LogP contribution >= 0.6 is 11.3 Å². The van der Waals surface area contributed by atoms with Gasteiger partial charge in [0.2, 0.25) is 17.7 Å². The van der Waals surface area contributed by atoms with E-state index in [9.17, 15) is 14.4 Å². The van der Waals surface area contributed by atoms with Crippen LogP contribution in [-0.4, -0.2) is 72.8 Å². The first-order chi connectivity index (χ1) is 13.9. The summed E-state index contributed by atoms with van der Waals surface area (Å²) in [5.74, 6) is -0.116. The number of likely N-dealkylation sites (tertiary alicyclic amines) is 1. The van der Waals surface area contributed by atoms with Crippen LogP contribution in [0.25, 0.3) is 10.2 Å². The normalized spacial score (nSPS) is 14.3. The Hall–Kier alpha value is -2.52. The number of anilines is 1. The van der Waals surface area contributed by atoms with Crippen LogP contribution in [0.4, 0.5) is 5.13 Å². The fraction of sp³-hybridized carbons (Fsp3) is 0.500. The van der Waals surface area contributed by atoms with E-state index in [1.807, 2.05) is 44.1 Å². The lowest BCUT2D eigenvalue weighted by Gasteiger charge is -2.23. The monoisotopic (exact) mass is 418 g/mol. The van der Waals surface area contributed by atoms with Crippen LogP contribution in [0.3, 0.4) is 0 Å². The van der Waals surface area contributed by atoms with Crippen molar-refractivity contribution >= 4 is 44.4 Å². The molecule has 0 atom stereocenters. The maximum Gasteiger partial charge on any atom is 0.248 e. The number of aromatic nitrogens is 1. The van der Waals surface area contributed by atoms with Gasteiger partial charge in [-0.05, 0) is 52.2 Å². The smallest absolute Gasteiger partial charge is 0.248 e. The molecule has 0 spiro atoms. The van der Waals surface area contributed by atoms with Crippen LogP contribution in [-0.2, 0) is 14.4 Å². The Kier molecular flexibility index (Phi) is 6.81. The van der Waals surface area contributed by atoms with Crippen molar-refractivity contribution in [2.24, 2.45) is 0 Å². The zero-order valence-corrected chi connectivity index (χ0v) is 17.8. The van der Waals surface area contributed by atoms with Gasteiger partial charge < -0.3 is 9.64 Å². The summed E-state index contributed by atoms with van der Waals surface area (Å²) in [5.41, 5.74) is 0.784. The van der Waals surface area contributed by atoms with Crippen LogP contribution < -0.4 is 9.64 Å². The number of ether oxygens (including phenoxy) is 1. The van der Waals surface area contributed by atoms with Crippen molar-refractivity contribution in [2.75, 3.05) is 45.2 Å². The molecule has 29 heavy (non-hydrogen) atoms. The van der Waals surface area contributed by atoms with Crippen LogP contribution in [0.1, 0.15) is 26.2 Å². The Bertz CT molecular complexity index is 895. The van der Waals surface area contributed by atoms with E-state index >= 15 is 0 Å². The number of hydrogen-bond donors (Lipinski definition) is 0. The molecule has 0 unspecified atom stereocenters. The van der Waals surface area contributed by atoms with E-state index in [1.54, 1.807) is 4.90 Å². The molecule has 0 bridgehead atoms. The molecule has 8 nitrogen and oxygen atoms in total. The maximum atomic E-state index is 13.0. The molecule has 3 rings (SSSR count). The van der Waals surface area contributed by atoms with Crippen LogP contribution in [0.15, 0.2) is 18.2 Å². The molecule has 0 N–H and O–H groups in total. The molecule has 1 aliphatic heterocycles. The number of fused-ring (bicyclic) bond motifs is 1. The second-order valence-electron chi connectivity index (χ2n) is 7.13. The third-order valence-corrected chi connectivity index (χ3v) is 5.67. The highest BCUT2D eigenvalue weighted by molar-refractivity contribution is 7.22. The quantitative estimate of drug-likeness (QED) is 0.580. The molecule has 1 aromatic carbocycles. The molecule has 3 amide bonds. The Morgan fingerprint density at radius 1 is 1.21 bits per heavy atom. The molecule has 0 saturated carbocycles. The van der Waals surface area contributed by atoms with Gasteiger partial charge in [0.05, 0.1) is 16.8 Å². The molecule has 156 valence electrons. The number of amides is 3. The van der Waals surface area contributed by atoms with Crippen molar-refractivity contribution in [1.82, 2.24) is 14.8 Å². The second kappa shape index (κ2) is 9.32. The molecule has 1 aliphatic rings. The van der Waals surface area contributed by atoms with Crippen molar-refractivity contribution in [3.63, 3.8) is 0 Å². The fourth-order valence-electron chi connectivity index (χ4n) is 3.16. The van der Waals surface area contributed by atoms with Gasteiger partial charge in [0.25, 0.3) is 0 Å². The minimum Gasteiger partial charge on any atom is -0.494 e. The second-order valence-corrected chi connectivity index (χ2v) is 8.14. The number of imide groups is 1. The predicted octanol–water partition coefficient (Wildman–Crippen LogP) is 2.13. The zero-order chi connectivity index (χ0) is 21.0. The van der Waals surface area contributed by atoms with E-state index in [1.165, 1.54) is 11.3 Å². The molecule has 2 aromatic rings. The molecule has 2 heterocycles. The Morgan fingerprint density at radius 2 is 1.93 bits per heavy atom. The summed E-state index contributed by atoms with van der Waals surface area (Å²) < 4.78 is 6.47. The van der Waals surface area contributed by atoms with Gasteiger partial charge >= 0.3 is 0 Å². The molecular weight excluding hydrogens is 392 g/mol. The minimum absolute atomic E-state index is 0.175.